The van der Waals surface area contributed by atoms with Gasteiger partial charge in [-0.15, -0.1) is 0 Å². The molecule has 31 heavy (non-hydrogen) atoms. The number of carbonyl (C=O) groups excluding carboxylic acids is 2. The second-order valence-corrected chi connectivity index (χ2v) is 11.8. The van der Waals surface area contributed by atoms with Crippen molar-refractivity contribution in [3.05, 3.63) is 12.7 Å². The monoisotopic (exact) mass is 430 g/mol. The molecule has 9 atom stereocenters. The molecule has 1 N–H and O–H groups in total. The summed E-state index contributed by atoms with van der Waals surface area (Å²) in [6.07, 6.45) is 10.9. The Morgan fingerprint density at radius 3 is 2.65 bits per heavy atom. The fourth-order valence-electron chi connectivity index (χ4n) is 8.66. The Morgan fingerprint density at radius 1 is 1.19 bits per heavy atom. The maximum absolute atomic E-state index is 13.5. The van der Waals surface area contributed by atoms with Crippen LogP contribution in [-0.4, -0.2) is 29.6 Å². The van der Waals surface area contributed by atoms with Crippen LogP contribution < -0.4 is 0 Å². The lowest BCUT2D eigenvalue weighted by molar-refractivity contribution is -0.160. The lowest BCUT2D eigenvalue weighted by atomic mass is 9.44. The maximum Gasteiger partial charge on any atom is 0.306 e. The van der Waals surface area contributed by atoms with E-state index in [0.29, 0.717) is 54.8 Å². The van der Waals surface area contributed by atoms with Crippen LogP contribution in [0.4, 0.5) is 0 Å². The first-order valence-electron chi connectivity index (χ1n) is 12.7. The van der Waals surface area contributed by atoms with Crippen LogP contribution >= 0.6 is 0 Å². The van der Waals surface area contributed by atoms with Gasteiger partial charge in [-0.25, -0.2) is 0 Å². The smallest absolute Gasteiger partial charge is 0.306 e. The first kappa shape index (κ1) is 23.0. The van der Waals surface area contributed by atoms with E-state index in [0.717, 1.165) is 38.5 Å². The summed E-state index contributed by atoms with van der Waals surface area (Å²) in [6.45, 7) is 11.1. The van der Waals surface area contributed by atoms with Gasteiger partial charge >= 0.3 is 5.97 Å². The molecule has 0 radical (unpaired) electrons. The van der Waals surface area contributed by atoms with E-state index in [1.807, 2.05) is 0 Å². The van der Waals surface area contributed by atoms with Crippen LogP contribution in [0.1, 0.15) is 85.0 Å². The SMILES string of the molecule is C=CCOC(=O)CC[C@@H](C)[C@H]1CC[C@H]2[C@@H]3C(=O)C[C@@H]4C[C@H](O)CC[C@]4(C)[C@H]3CC[C@]12C. The number of aliphatic hydroxyl groups excluding tert-OH is 1. The third-order valence-electron chi connectivity index (χ3n) is 10.4. The summed E-state index contributed by atoms with van der Waals surface area (Å²) in [5, 5.41) is 10.2. The molecule has 4 aliphatic carbocycles. The molecule has 4 fully saturated rings. The molecule has 0 aromatic carbocycles. The molecule has 0 saturated heterocycles. The highest BCUT2D eigenvalue weighted by Gasteiger charge is 2.62. The van der Waals surface area contributed by atoms with Gasteiger partial charge in [0.05, 0.1) is 6.10 Å². The highest BCUT2D eigenvalue weighted by atomic mass is 16.5. The first-order valence-corrected chi connectivity index (χ1v) is 12.7. The minimum atomic E-state index is -0.217. The Bertz CT molecular complexity index is 716. The quantitative estimate of drug-likeness (QED) is 0.457. The van der Waals surface area contributed by atoms with Crippen molar-refractivity contribution in [1.29, 1.82) is 0 Å². The minimum Gasteiger partial charge on any atom is -0.461 e. The van der Waals surface area contributed by atoms with Crippen LogP contribution in [0, 0.1) is 46.3 Å². The summed E-state index contributed by atoms with van der Waals surface area (Å²) >= 11 is 0. The van der Waals surface area contributed by atoms with E-state index in [2.05, 4.69) is 27.4 Å². The van der Waals surface area contributed by atoms with Gasteiger partial charge in [-0.1, -0.05) is 33.4 Å². The summed E-state index contributed by atoms with van der Waals surface area (Å²) in [5.41, 5.74) is 0.427. The Morgan fingerprint density at radius 2 is 1.90 bits per heavy atom. The molecule has 4 aliphatic rings. The van der Waals surface area contributed by atoms with E-state index in [1.165, 1.54) is 12.8 Å². The van der Waals surface area contributed by atoms with E-state index in [1.54, 1.807) is 6.08 Å². The number of aliphatic hydroxyl groups is 1. The zero-order valence-electron chi connectivity index (χ0n) is 19.8. The van der Waals surface area contributed by atoms with Crippen molar-refractivity contribution in [2.75, 3.05) is 6.61 Å². The molecule has 4 nitrogen and oxygen atoms in total. The van der Waals surface area contributed by atoms with Crippen molar-refractivity contribution in [3.63, 3.8) is 0 Å². The summed E-state index contributed by atoms with van der Waals surface area (Å²) in [4.78, 5) is 25.4. The summed E-state index contributed by atoms with van der Waals surface area (Å²) in [5.74, 6) is 2.97. The third kappa shape index (κ3) is 3.92. The van der Waals surface area contributed by atoms with Crippen LogP contribution in [0.2, 0.25) is 0 Å². The lowest BCUT2D eigenvalue weighted by Gasteiger charge is -2.60. The van der Waals surface area contributed by atoms with Gasteiger partial charge in [0.25, 0.3) is 0 Å². The van der Waals surface area contributed by atoms with Gasteiger partial charge in [0.2, 0.25) is 0 Å². The van der Waals surface area contributed by atoms with Gasteiger partial charge in [-0.3, -0.25) is 9.59 Å². The molecule has 0 aromatic rings. The normalized spacial score (nSPS) is 45.2. The number of hydrogen-bond donors (Lipinski definition) is 1. The van der Waals surface area contributed by atoms with Gasteiger partial charge in [-0.2, -0.15) is 0 Å². The van der Waals surface area contributed by atoms with E-state index >= 15 is 0 Å². The average Bonchev–Trinajstić information content (AvgIpc) is 3.09. The van der Waals surface area contributed by atoms with Crippen molar-refractivity contribution >= 4 is 11.8 Å². The number of hydrogen-bond acceptors (Lipinski definition) is 4. The number of fused-ring (bicyclic) bond motifs is 5. The molecule has 4 saturated carbocycles. The summed E-state index contributed by atoms with van der Waals surface area (Å²) in [6, 6.07) is 0. The predicted molar refractivity (Wildman–Crippen MR) is 121 cm³/mol. The topological polar surface area (TPSA) is 63.6 Å². The van der Waals surface area contributed by atoms with Crippen LogP contribution in [0.25, 0.3) is 0 Å². The molecule has 174 valence electrons. The van der Waals surface area contributed by atoms with E-state index in [4.69, 9.17) is 4.74 Å². The standard InChI is InChI=1S/C27H42O4/c1-5-14-31-24(30)9-6-17(2)20-7-8-21-25-22(11-13-27(20,21)4)26(3)12-10-19(28)15-18(26)16-23(25)29/h5,17-22,25,28H,1,6-16H2,2-4H3/t17-,18+,19-,20-,21+,22+,25+,26+,27-/m1/s1. The van der Waals surface area contributed by atoms with Crippen molar-refractivity contribution in [1.82, 2.24) is 0 Å². The fraction of sp³-hybridized carbons (Fsp3) is 0.852. The van der Waals surface area contributed by atoms with Gasteiger partial charge in [0, 0.05) is 18.8 Å². The Labute approximate surface area is 188 Å². The van der Waals surface area contributed by atoms with Crippen LogP contribution in [0.5, 0.6) is 0 Å². The minimum absolute atomic E-state index is 0.129. The zero-order chi connectivity index (χ0) is 22.4. The molecule has 0 aromatic heterocycles. The summed E-state index contributed by atoms with van der Waals surface area (Å²) < 4.78 is 5.17. The Balaban J connectivity index is 1.47. The molecular formula is C27H42O4. The van der Waals surface area contributed by atoms with Crippen molar-refractivity contribution in [2.24, 2.45) is 46.3 Å². The molecule has 4 rings (SSSR count). The zero-order valence-corrected chi connectivity index (χ0v) is 19.8. The lowest BCUT2D eigenvalue weighted by Crippen LogP contribution is -2.57. The van der Waals surface area contributed by atoms with Gasteiger partial charge in [0.15, 0.2) is 0 Å². The summed E-state index contributed by atoms with van der Waals surface area (Å²) in [7, 11) is 0. The van der Waals surface area contributed by atoms with Gasteiger partial charge in [0.1, 0.15) is 12.4 Å². The molecule has 0 heterocycles. The second kappa shape index (κ2) is 8.65. The van der Waals surface area contributed by atoms with Gasteiger partial charge in [-0.05, 0) is 91.8 Å². The highest BCUT2D eigenvalue weighted by molar-refractivity contribution is 5.83. The maximum atomic E-state index is 13.5. The highest BCUT2D eigenvalue weighted by Crippen LogP contribution is 2.67. The van der Waals surface area contributed by atoms with Crippen LogP contribution in [0.15, 0.2) is 12.7 Å². The number of esters is 1. The number of carbonyl (C=O) groups is 2. The van der Waals surface area contributed by atoms with E-state index < -0.39 is 0 Å². The number of ketones is 1. The molecular weight excluding hydrogens is 388 g/mol. The number of ether oxygens (including phenoxy) is 1. The van der Waals surface area contributed by atoms with Crippen LogP contribution in [-0.2, 0) is 14.3 Å². The third-order valence-corrected chi connectivity index (χ3v) is 10.4. The molecule has 4 heteroatoms. The Hall–Kier alpha value is -1.16. The molecule has 0 unspecified atom stereocenters. The average molecular weight is 431 g/mol. The van der Waals surface area contributed by atoms with Crippen LogP contribution in [0.3, 0.4) is 0 Å². The van der Waals surface area contributed by atoms with Crippen molar-refractivity contribution < 1.29 is 19.4 Å². The number of Topliss-reactive ketones (excluding diaryl/α,β-unsaturated/α-hetero) is 1. The largest absolute Gasteiger partial charge is 0.461 e. The predicted octanol–water partition coefficient (Wildman–Crippen LogP) is 5.33. The molecule has 0 aliphatic heterocycles. The molecule has 0 bridgehead atoms. The Kier molecular flexibility index (Phi) is 6.42. The van der Waals surface area contributed by atoms with Crippen molar-refractivity contribution in [2.45, 2.75) is 91.1 Å². The number of rotatable bonds is 6. The van der Waals surface area contributed by atoms with Crippen molar-refractivity contribution in [3.8, 4) is 0 Å². The van der Waals surface area contributed by atoms with Gasteiger partial charge < -0.3 is 9.84 Å². The fourth-order valence-corrected chi connectivity index (χ4v) is 8.66. The molecule has 0 amide bonds. The first-order chi connectivity index (χ1) is 14.7. The second-order valence-electron chi connectivity index (χ2n) is 11.8. The molecule has 0 spiro atoms. The van der Waals surface area contributed by atoms with E-state index in [-0.39, 0.29) is 28.8 Å². The van der Waals surface area contributed by atoms with E-state index in [9.17, 15) is 14.7 Å².